The fourth-order valence-corrected chi connectivity index (χ4v) is 4.99. The van der Waals surface area contributed by atoms with Gasteiger partial charge in [-0.2, -0.15) is 0 Å². The minimum atomic E-state index is -0.00781. The maximum Gasteiger partial charge on any atom is 0.317 e. The molecule has 2 aromatic rings. The average molecular weight is 424 g/mol. The number of hydrogen-bond acceptors (Lipinski definition) is 6. The standard InChI is InChI=1S/C23H33N7O/c1-3-8-30-15-19(27-23(31)29(2)9-6-16-5-4-7-25-13-16)10-17-11-20-18(12-21(17)30)14-26-22(24)28-20/h4-5,7,13-14,17,19,21H,3,6,8-12,15H2,1-2H3,(H,27,31)(H2,24,26,28)/t17-,19+,21-/m1/s1. The second-order valence-electron chi connectivity index (χ2n) is 8.85. The maximum atomic E-state index is 12.8. The number of aromatic nitrogens is 3. The topological polar surface area (TPSA) is 100 Å². The van der Waals surface area contributed by atoms with Gasteiger partial charge in [-0.15, -0.1) is 0 Å². The molecule has 2 aliphatic rings. The van der Waals surface area contributed by atoms with Crippen molar-refractivity contribution in [2.24, 2.45) is 5.92 Å². The smallest absolute Gasteiger partial charge is 0.317 e. The first-order valence-electron chi connectivity index (χ1n) is 11.3. The number of likely N-dealkylation sites (N-methyl/N-ethyl adjacent to an activating group) is 1. The summed E-state index contributed by atoms with van der Waals surface area (Å²) in [4.78, 5) is 30.0. The first-order valence-corrected chi connectivity index (χ1v) is 11.3. The molecule has 166 valence electrons. The lowest BCUT2D eigenvalue weighted by atomic mass is 9.76. The van der Waals surface area contributed by atoms with E-state index in [0.29, 0.717) is 24.5 Å². The van der Waals surface area contributed by atoms with E-state index < -0.39 is 0 Å². The molecule has 0 spiro atoms. The van der Waals surface area contributed by atoms with Crippen molar-refractivity contribution in [3.05, 3.63) is 47.5 Å². The van der Waals surface area contributed by atoms with E-state index in [2.05, 4.69) is 32.1 Å². The molecule has 1 aliphatic heterocycles. The Morgan fingerprint density at radius 3 is 3.00 bits per heavy atom. The van der Waals surface area contributed by atoms with E-state index in [-0.39, 0.29) is 12.1 Å². The van der Waals surface area contributed by atoms with Crippen LogP contribution in [0.2, 0.25) is 0 Å². The lowest BCUT2D eigenvalue weighted by Crippen LogP contribution is -2.59. The van der Waals surface area contributed by atoms with Crippen LogP contribution in [-0.2, 0) is 19.3 Å². The summed E-state index contributed by atoms with van der Waals surface area (Å²) in [6.45, 7) is 4.81. The van der Waals surface area contributed by atoms with Crippen molar-refractivity contribution in [2.45, 2.75) is 51.1 Å². The van der Waals surface area contributed by atoms with Crippen LogP contribution in [0, 0.1) is 5.92 Å². The van der Waals surface area contributed by atoms with Gasteiger partial charge in [-0.25, -0.2) is 14.8 Å². The van der Waals surface area contributed by atoms with Crippen LogP contribution in [0.15, 0.2) is 30.7 Å². The molecule has 31 heavy (non-hydrogen) atoms. The van der Waals surface area contributed by atoms with Gasteiger partial charge in [-0.3, -0.25) is 9.88 Å². The molecule has 3 atom stereocenters. The number of piperidine rings is 1. The highest BCUT2D eigenvalue weighted by Gasteiger charge is 2.40. The average Bonchev–Trinajstić information content (AvgIpc) is 2.77. The summed E-state index contributed by atoms with van der Waals surface area (Å²) in [6, 6.07) is 4.58. The molecule has 4 rings (SSSR count). The van der Waals surface area contributed by atoms with Crippen molar-refractivity contribution < 1.29 is 4.79 Å². The molecule has 0 bridgehead atoms. The molecule has 1 fully saturated rings. The number of nitrogen functional groups attached to an aromatic ring is 1. The quantitative estimate of drug-likeness (QED) is 0.736. The molecule has 8 nitrogen and oxygen atoms in total. The van der Waals surface area contributed by atoms with Gasteiger partial charge in [0.25, 0.3) is 0 Å². The molecule has 0 radical (unpaired) electrons. The number of carbonyl (C=O) groups excluding carboxylic acids is 1. The van der Waals surface area contributed by atoms with Gasteiger partial charge in [-0.1, -0.05) is 13.0 Å². The molecule has 0 unspecified atom stereocenters. The predicted octanol–water partition coefficient (Wildman–Crippen LogP) is 1.91. The van der Waals surface area contributed by atoms with Gasteiger partial charge in [0, 0.05) is 56.5 Å². The molecule has 3 N–H and O–H groups in total. The zero-order chi connectivity index (χ0) is 21.8. The lowest BCUT2D eigenvalue weighted by molar-refractivity contribution is 0.0629. The number of hydrogen-bond donors (Lipinski definition) is 2. The number of nitrogens with two attached hydrogens (primary N) is 1. The van der Waals surface area contributed by atoms with Crippen molar-refractivity contribution in [3.63, 3.8) is 0 Å². The molecular formula is C23H33N7O. The first-order chi connectivity index (χ1) is 15.0. The molecule has 2 amide bonds. The summed E-state index contributed by atoms with van der Waals surface area (Å²) in [5, 5.41) is 3.28. The van der Waals surface area contributed by atoms with Gasteiger partial charge < -0.3 is 16.0 Å². The van der Waals surface area contributed by atoms with Crippen LogP contribution in [-0.4, -0.2) is 69.5 Å². The fourth-order valence-electron chi connectivity index (χ4n) is 4.99. The van der Waals surface area contributed by atoms with Crippen molar-refractivity contribution in [1.82, 2.24) is 30.1 Å². The number of nitrogens with one attached hydrogen (secondary N) is 1. The zero-order valence-electron chi connectivity index (χ0n) is 18.5. The minimum absolute atomic E-state index is 0.00781. The second-order valence-corrected chi connectivity index (χ2v) is 8.85. The Labute approximate surface area is 184 Å². The van der Waals surface area contributed by atoms with Crippen LogP contribution in [0.25, 0.3) is 0 Å². The predicted molar refractivity (Wildman–Crippen MR) is 121 cm³/mol. The van der Waals surface area contributed by atoms with Gasteiger partial charge in [0.1, 0.15) is 0 Å². The van der Waals surface area contributed by atoms with E-state index in [9.17, 15) is 4.79 Å². The number of pyridine rings is 1. The van der Waals surface area contributed by atoms with Crippen LogP contribution >= 0.6 is 0 Å². The molecule has 2 aromatic heterocycles. The summed E-state index contributed by atoms with van der Waals surface area (Å²) in [7, 11) is 1.86. The normalized spacial score (nSPS) is 23.0. The molecule has 8 heteroatoms. The SMILES string of the molecule is CCCN1C[C@@H](NC(=O)N(C)CCc2cccnc2)C[C@@H]2Cc3nc(N)ncc3C[C@H]21. The Balaban J connectivity index is 1.38. The number of urea groups is 1. The van der Waals surface area contributed by atoms with Gasteiger partial charge in [0.15, 0.2) is 0 Å². The molecule has 0 aromatic carbocycles. The van der Waals surface area contributed by atoms with Crippen molar-refractivity contribution in [3.8, 4) is 0 Å². The number of fused-ring (bicyclic) bond motifs is 2. The number of amides is 2. The van der Waals surface area contributed by atoms with Crippen LogP contribution in [0.5, 0.6) is 0 Å². The van der Waals surface area contributed by atoms with Crippen LogP contribution in [0.3, 0.4) is 0 Å². The lowest BCUT2D eigenvalue weighted by Gasteiger charge is -2.47. The number of carbonyl (C=O) groups is 1. The minimum Gasteiger partial charge on any atom is -0.368 e. The molecule has 3 heterocycles. The second kappa shape index (κ2) is 9.60. The Kier molecular flexibility index (Phi) is 6.65. The van der Waals surface area contributed by atoms with Gasteiger partial charge in [-0.05, 0) is 61.8 Å². The summed E-state index contributed by atoms with van der Waals surface area (Å²) in [5.74, 6) is 0.812. The monoisotopic (exact) mass is 423 g/mol. The Morgan fingerprint density at radius 2 is 2.23 bits per heavy atom. The van der Waals surface area contributed by atoms with Crippen molar-refractivity contribution in [2.75, 3.05) is 32.4 Å². The van der Waals surface area contributed by atoms with Gasteiger partial charge >= 0.3 is 6.03 Å². The van der Waals surface area contributed by atoms with Gasteiger partial charge in [0.2, 0.25) is 5.95 Å². The third-order valence-corrected chi connectivity index (χ3v) is 6.56. The van der Waals surface area contributed by atoms with E-state index in [1.165, 1.54) is 5.56 Å². The van der Waals surface area contributed by atoms with E-state index in [1.54, 1.807) is 11.1 Å². The zero-order valence-corrected chi connectivity index (χ0v) is 18.5. The highest BCUT2D eigenvalue weighted by molar-refractivity contribution is 5.74. The molecule has 0 saturated carbocycles. The van der Waals surface area contributed by atoms with Crippen LogP contribution in [0.4, 0.5) is 10.7 Å². The van der Waals surface area contributed by atoms with Crippen molar-refractivity contribution in [1.29, 1.82) is 0 Å². The van der Waals surface area contributed by atoms with Crippen LogP contribution < -0.4 is 11.1 Å². The Bertz CT molecular complexity index is 891. The van der Waals surface area contributed by atoms with E-state index in [1.807, 2.05) is 31.6 Å². The first kappa shape index (κ1) is 21.5. The van der Waals surface area contributed by atoms with E-state index >= 15 is 0 Å². The van der Waals surface area contributed by atoms with Crippen molar-refractivity contribution >= 4 is 12.0 Å². The summed E-state index contributed by atoms with van der Waals surface area (Å²) >= 11 is 0. The Morgan fingerprint density at radius 1 is 1.35 bits per heavy atom. The molecule has 1 saturated heterocycles. The fraction of sp³-hybridized carbons (Fsp3) is 0.565. The maximum absolute atomic E-state index is 12.8. The third kappa shape index (κ3) is 5.12. The largest absolute Gasteiger partial charge is 0.368 e. The van der Waals surface area contributed by atoms with E-state index in [0.717, 1.165) is 56.5 Å². The summed E-state index contributed by atoms with van der Waals surface area (Å²) in [6.07, 6.45) is 10.2. The molecular weight excluding hydrogens is 390 g/mol. The number of rotatable bonds is 6. The highest BCUT2D eigenvalue weighted by Crippen LogP contribution is 2.34. The highest BCUT2D eigenvalue weighted by atomic mass is 16.2. The summed E-state index contributed by atoms with van der Waals surface area (Å²) in [5.41, 5.74) is 9.25. The van der Waals surface area contributed by atoms with E-state index in [4.69, 9.17) is 5.73 Å². The summed E-state index contributed by atoms with van der Waals surface area (Å²) < 4.78 is 0. The third-order valence-electron chi connectivity index (χ3n) is 6.56. The number of anilines is 1. The number of nitrogens with zero attached hydrogens (tertiary/aromatic N) is 5. The number of likely N-dealkylation sites (tertiary alicyclic amines) is 1. The van der Waals surface area contributed by atoms with Gasteiger partial charge in [0.05, 0.1) is 0 Å². The van der Waals surface area contributed by atoms with Crippen LogP contribution in [0.1, 0.15) is 36.6 Å². The Hall–Kier alpha value is -2.74. The molecule has 1 aliphatic carbocycles.